The number of rotatable bonds is 2. The second-order valence-electron chi connectivity index (χ2n) is 3.65. The Balaban J connectivity index is 2.35. The summed E-state index contributed by atoms with van der Waals surface area (Å²) in [6, 6.07) is 0. The van der Waals surface area contributed by atoms with E-state index < -0.39 is 0 Å². The maximum absolute atomic E-state index is 6.15. The summed E-state index contributed by atoms with van der Waals surface area (Å²) in [7, 11) is 0. The van der Waals surface area contributed by atoms with Crippen LogP contribution >= 0.6 is 0 Å². The minimum Gasteiger partial charge on any atom is -0.325 e. The number of likely N-dealkylation sites (tertiary alicyclic amines) is 1. The minimum absolute atomic E-state index is 0.158. The molecule has 0 bridgehead atoms. The maximum Gasteiger partial charge on any atom is 0.0176 e. The van der Waals surface area contributed by atoms with Crippen LogP contribution < -0.4 is 5.73 Å². The molecule has 1 aliphatic rings. The van der Waals surface area contributed by atoms with Crippen LogP contribution in [0.5, 0.6) is 0 Å². The molecular formula is C9H20N2. The van der Waals surface area contributed by atoms with Crippen LogP contribution in [-0.4, -0.2) is 30.1 Å². The van der Waals surface area contributed by atoms with Crippen LogP contribution in [0.4, 0.5) is 0 Å². The van der Waals surface area contributed by atoms with Crippen molar-refractivity contribution in [3.05, 3.63) is 0 Å². The highest BCUT2D eigenvalue weighted by atomic mass is 15.1. The van der Waals surface area contributed by atoms with Crippen LogP contribution in [0.1, 0.15) is 33.1 Å². The lowest BCUT2D eigenvalue weighted by Crippen LogP contribution is -2.49. The van der Waals surface area contributed by atoms with Gasteiger partial charge in [0.1, 0.15) is 0 Å². The summed E-state index contributed by atoms with van der Waals surface area (Å²) in [5, 5.41) is 0. The highest BCUT2D eigenvalue weighted by Crippen LogP contribution is 2.21. The van der Waals surface area contributed by atoms with E-state index in [-0.39, 0.29) is 5.54 Å². The molecule has 2 nitrogen and oxygen atoms in total. The molecule has 0 amide bonds. The van der Waals surface area contributed by atoms with Gasteiger partial charge in [0.15, 0.2) is 0 Å². The number of piperidine rings is 1. The van der Waals surface area contributed by atoms with Crippen molar-refractivity contribution < 1.29 is 0 Å². The van der Waals surface area contributed by atoms with Crippen molar-refractivity contribution in [2.24, 2.45) is 5.73 Å². The zero-order valence-electron chi connectivity index (χ0n) is 7.77. The van der Waals surface area contributed by atoms with E-state index in [4.69, 9.17) is 5.73 Å². The van der Waals surface area contributed by atoms with Gasteiger partial charge < -0.3 is 10.6 Å². The molecule has 0 saturated carbocycles. The summed E-state index contributed by atoms with van der Waals surface area (Å²) in [6.45, 7) is 7.98. The molecule has 1 fully saturated rings. The van der Waals surface area contributed by atoms with Gasteiger partial charge in [-0.1, -0.05) is 13.8 Å². The summed E-state index contributed by atoms with van der Waals surface area (Å²) in [6.07, 6.45) is 3.49. The molecule has 0 aliphatic carbocycles. The molecule has 0 unspecified atom stereocenters. The number of nitrogens with two attached hydrogens (primary N) is 1. The summed E-state index contributed by atoms with van der Waals surface area (Å²) < 4.78 is 0. The van der Waals surface area contributed by atoms with Gasteiger partial charge >= 0.3 is 0 Å². The predicted octanol–water partition coefficient (Wildman–Crippen LogP) is 1.21. The van der Waals surface area contributed by atoms with Crippen molar-refractivity contribution in [3.8, 4) is 0 Å². The van der Waals surface area contributed by atoms with E-state index in [2.05, 4.69) is 18.7 Å². The molecule has 66 valence electrons. The molecule has 0 spiro atoms. The quantitative estimate of drug-likeness (QED) is 0.651. The molecule has 1 rings (SSSR count). The molecule has 0 atom stereocenters. The lowest BCUT2D eigenvalue weighted by molar-refractivity contribution is 0.165. The zero-order chi connectivity index (χ0) is 8.32. The average Bonchev–Trinajstić information content (AvgIpc) is 2.06. The van der Waals surface area contributed by atoms with Gasteiger partial charge in [0.05, 0.1) is 0 Å². The van der Waals surface area contributed by atoms with Gasteiger partial charge in [-0.15, -0.1) is 0 Å². The van der Waals surface area contributed by atoms with Gasteiger partial charge in [0.2, 0.25) is 0 Å². The van der Waals surface area contributed by atoms with Gasteiger partial charge in [-0.3, -0.25) is 0 Å². The summed E-state index contributed by atoms with van der Waals surface area (Å²) in [5.74, 6) is 0. The third kappa shape index (κ3) is 2.17. The number of hydrogen-bond donors (Lipinski definition) is 1. The lowest BCUT2D eigenvalue weighted by Gasteiger charge is -2.38. The molecule has 0 aromatic rings. The SMILES string of the molecule is CCN1CCC(N)(CC)CC1. The zero-order valence-corrected chi connectivity index (χ0v) is 7.77. The van der Waals surface area contributed by atoms with Crippen molar-refractivity contribution in [2.75, 3.05) is 19.6 Å². The standard InChI is InChI=1S/C9H20N2/c1-3-9(10)5-7-11(4-2)8-6-9/h3-8,10H2,1-2H3. The topological polar surface area (TPSA) is 29.3 Å². The minimum atomic E-state index is 0.158. The molecule has 0 aromatic heterocycles. The first-order chi connectivity index (χ1) is 5.20. The van der Waals surface area contributed by atoms with E-state index in [1.165, 1.54) is 32.5 Å². The number of nitrogens with zero attached hydrogens (tertiary/aromatic N) is 1. The van der Waals surface area contributed by atoms with Crippen molar-refractivity contribution >= 4 is 0 Å². The fourth-order valence-electron chi connectivity index (χ4n) is 1.67. The van der Waals surface area contributed by atoms with Crippen LogP contribution in [0.3, 0.4) is 0 Å². The first-order valence-corrected chi connectivity index (χ1v) is 4.71. The van der Waals surface area contributed by atoms with Gasteiger partial charge in [-0.25, -0.2) is 0 Å². The largest absolute Gasteiger partial charge is 0.325 e. The highest BCUT2D eigenvalue weighted by molar-refractivity contribution is 4.88. The van der Waals surface area contributed by atoms with Gasteiger partial charge in [0.25, 0.3) is 0 Å². The fourth-order valence-corrected chi connectivity index (χ4v) is 1.67. The summed E-state index contributed by atoms with van der Waals surface area (Å²) >= 11 is 0. The Hall–Kier alpha value is -0.0800. The smallest absolute Gasteiger partial charge is 0.0176 e. The van der Waals surface area contributed by atoms with Crippen LogP contribution in [0.2, 0.25) is 0 Å². The van der Waals surface area contributed by atoms with E-state index in [0.717, 1.165) is 6.42 Å². The Morgan fingerprint density at radius 2 is 1.82 bits per heavy atom. The Morgan fingerprint density at radius 1 is 1.27 bits per heavy atom. The number of hydrogen-bond acceptors (Lipinski definition) is 2. The normalized spacial score (nSPS) is 25.4. The second-order valence-corrected chi connectivity index (χ2v) is 3.65. The van der Waals surface area contributed by atoms with Crippen molar-refractivity contribution in [1.29, 1.82) is 0 Å². The third-order valence-electron chi connectivity index (χ3n) is 3.00. The van der Waals surface area contributed by atoms with Crippen molar-refractivity contribution in [1.82, 2.24) is 4.90 Å². The van der Waals surface area contributed by atoms with Crippen LogP contribution in [0.15, 0.2) is 0 Å². The molecule has 2 heteroatoms. The lowest BCUT2D eigenvalue weighted by atomic mass is 9.86. The molecular weight excluding hydrogens is 136 g/mol. The van der Waals surface area contributed by atoms with Crippen LogP contribution in [-0.2, 0) is 0 Å². The molecule has 1 heterocycles. The Morgan fingerprint density at radius 3 is 2.18 bits per heavy atom. The second kappa shape index (κ2) is 3.55. The van der Waals surface area contributed by atoms with Gasteiger partial charge in [0, 0.05) is 5.54 Å². The average molecular weight is 156 g/mol. The van der Waals surface area contributed by atoms with E-state index in [9.17, 15) is 0 Å². The summed E-state index contributed by atoms with van der Waals surface area (Å²) in [5.41, 5.74) is 6.31. The predicted molar refractivity (Wildman–Crippen MR) is 48.6 cm³/mol. The van der Waals surface area contributed by atoms with Crippen LogP contribution in [0, 0.1) is 0 Å². The van der Waals surface area contributed by atoms with Gasteiger partial charge in [-0.05, 0) is 38.9 Å². The molecule has 11 heavy (non-hydrogen) atoms. The molecule has 2 N–H and O–H groups in total. The molecule has 1 aliphatic heterocycles. The molecule has 1 saturated heterocycles. The van der Waals surface area contributed by atoms with E-state index in [1.807, 2.05) is 0 Å². The Labute approximate surface area is 69.8 Å². The van der Waals surface area contributed by atoms with E-state index in [1.54, 1.807) is 0 Å². The van der Waals surface area contributed by atoms with Crippen LogP contribution in [0.25, 0.3) is 0 Å². The monoisotopic (exact) mass is 156 g/mol. The Kier molecular flexibility index (Phi) is 2.90. The van der Waals surface area contributed by atoms with E-state index in [0.29, 0.717) is 0 Å². The third-order valence-corrected chi connectivity index (χ3v) is 3.00. The maximum atomic E-state index is 6.15. The van der Waals surface area contributed by atoms with Crippen molar-refractivity contribution in [2.45, 2.75) is 38.6 Å². The molecule has 0 aromatic carbocycles. The van der Waals surface area contributed by atoms with Gasteiger partial charge in [-0.2, -0.15) is 0 Å². The fraction of sp³-hybridized carbons (Fsp3) is 1.00. The van der Waals surface area contributed by atoms with E-state index >= 15 is 0 Å². The first kappa shape index (κ1) is 9.01. The summed E-state index contributed by atoms with van der Waals surface area (Å²) in [4.78, 5) is 2.47. The first-order valence-electron chi connectivity index (χ1n) is 4.71. The molecule has 0 radical (unpaired) electrons. The Bertz CT molecular complexity index is 115. The van der Waals surface area contributed by atoms with Crippen molar-refractivity contribution in [3.63, 3.8) is 0 Å². The highest BCUT2D eigenvalue weighted by Gasteiger charge is 2.27.